The van der Waals surface area contributed by atoms with Crippen LogP contribution in [0.3, 0.4) is 0 Å². The van der Waals surface area contributed by atoms with Crippen LogP contribution in [-0.2, 0) is 6.42 Å². The van der Waals surface area contributed by atoms with Crippen molar-refractivity contribution in [2.75, 3.05) is 7.11 Å². The van der Waals surface area contributed by atoms with Crippen molar-refractivity contribution >= 4 is 11.6 Å². The van der Waals surface area contributed by atoms with Gasteiger partial charge in [-0.25, -0.2) is 0 Å². The summed E-state index contributed by atoms with van der Waals surface area (Å²) in [6.45, 7) is 2.00. The molecule has 116 valence electrons. The maximum absolute atomic E-state index is 13.3. The standard InChI is InChI=1S/C18H17F3O/c1-3-13-4-6-14(7-5-13)12-17(18(19,20)21)15-8-10-16(22-2)11-9-15/h4-12H,3H2,1-2H3/b17-12-. The molecule has 0 bridgehead atoms. The highest BCUT2D eigenvalue weighted by Crippen LogP contribution is 2.36. The molecule has 0 saturated carbocycles. The molecular formula is C18H17F3O. The van der Waals surface area contributed by atoms with Gasteiger partial charge in [-0.15, -0.1) is 0 Å². The summed E-state index contributed by atoms with van der Waals surface area (Å²) < 4.78 is 44.9. The van der Waals surface area contributed by atoms with Crippen LogP contribution in [0.15, 0.2) is 48.5 Å². The molecule has 2 aromatic carbocycles. The summed E-state index contributed by atoms with van der Waals surface area (Å²) in [7, 11) is 1.48. The molecular weight excluding hydrogens is 289 g/mol. The Morgan fingerprint density at radius 1 is 1.00 bits per heavy atom. The normalized spacial score (nSPS) is 12.3. The lowest BCUT2D eigenvalue weighted by atomic mass is 10.0. The predicted molar refractivity (Wildman–Crippen MR) is 82.7 cm³/mol. The third-order valence-electron chi connectivity index (χ3n) is 3.41. The fourth-order valence-electron chi connectivity index (χ4n) is 2.12. The second-order valence-corrected chi connectivity index (χ2v) is 4.88. The summed E-state index contributed by atoms with van der Waals surface area (Å²) in [5.74, 6) is 0.526. The van der Waals surface area contributed by atoms with Crippen molar-refractivity contribution in [2.24, 2.45) is 0 Å². The number of hydrogen-bond acceptors (Lipinski definition) is 1. The number of aryl methyl sites for hydroxylation is 1. The molecule has 0 saturated heterocycles. The highest BCUT2D eigenvalue weighted by Gasteiger charge is 2.34. The summed E-state index contributed by atoms with van der Waals surface area (Å²) in [5, 5.41) is 0. The van der Waals surface area contributed by atoms with E-state index < -0.39 is 11.7 Å². The van der Waals surface area contributed by atoms with Crippen molar-refractivity contribution < 1.29 is 17.9 Å². The zero-order chi connectivity index (χ0) is 16.2. The van der Waals surface area contributed by atoms with Gasteiger partial charge >= 0.3 is 6.18 Å². The summed E-state index contributed by atoms with van der Waals surface area (Å²) >= 11 is 0. The average Bonchev–Trinajstić information content (AvgIpc) is 2.52. The Labute approximate surface area is 128 Å². The van der Waals surface area contributed by atoms with Gasteiger partial charge in [0.05, 0.1) is 12.7 Å². The van der Waals surface area contributed by atoms with Gasteiger partial charge in [0, 0.05) is 0 Å². The Morgan fingerprint density at radius 3 is 2.05 bits per heavy atom. The van der Waals surface area contributed by atoms with E-state index in [1.54, 1.807) is 12.1 Å². The van der Waals surface area contributed by atoms with Gasteiger partial charge in [-0.3, -0.25) is 0 Å². The average molecular weight is 306 g/mol. The quantitative estimate of drug-likeness (QED) is 0.691. The van der Waals surface area contributed by atoms with Crippen LogP contribution in [0.5, 0.6) is 5.75 Å². The molecule has 22 heavy (non-hydrogen) atoms. The summed E-state index contributed by atoms with van der Waals surface area (Å²) in [6, 6.07) is 13.0. The van der Waals surface area contributed by atoms with Crippen LogP contribution in [0.1, 0.15) is 23.6 Å². The van der Waals surface area contributed by atoms with E-state index in [1.165, 1.54) is 37.5 Å². The smallest absolute Gasteiger partial charge is 0.417 e. The number of hydrogen-bond donors (Lipinski definition) is 0. The molecule has 0 amide bonds. The van der Waals surface area contributed by atoms with Gasteiger partial charge < -0.3 is 4.74 Å². The van der Waals surface area contributed by atoms with Crippen LogP contribution in [0.25, 0.3) is 11.6 Å². The molecule has 0 aromatic heterocycles. The number of ether oxygens (including phenoxy) is 1. The van der Waals surface area contributed by atoms with Crippen LogP contribution in [0.4, 0.5) is 13.2 Å². The third kappa shape index (κ3) is 3.91. The molecule has 0 radical (unpaired) electrons. The zero-order valence-electron chi connectivity index (χ0n) is 12.4. The number of halogens is 3. The molecule has 0 fully saturated rings. The zero-order valence-corrected chi connectivity index (χ0v) is 12.4. The molecule has 0 heterocycles. The van der Waals surface area contributed by atoms with Crippen LogP contribution >= 0.6 is 0 Å². The summed E-state index contributed by atoms with van der Waals surface area (Å²) in [5.41, 5.74) is 1.07. The Kier molecular flexibility index (Phi) is 4.91. The van der Waals surface area contributed by atoms with Crippen molar-refractivity contribution in [2.45, 2.75) is 19.5 Å². The van der Waals surface area contributed by atoms with Crippen molar-refractivity contribution in [1.29, 1.82) is 0 Å². The van der Waals surface area contributed by atoms with Crippen LogP contribution in [0, 0.1) is 0 Å². The Hall–Kier alpha value is -2.23. The first-order chi connectivity index (χ1) is 10.4. The van der Waals surface area contributed by atoms with Gasteiger partial charge in [0.15, 0.2) is 0 Å². The lowest BCUT2D eigenvalue weighted by Crippen LogP contribution is -2.10. The number of alkyl halides is 3. The number of benzene rings is 2. The van der Waals surface area contributed by atoms with E-state index >= 15 is 0 Å². The van der Waals surface area contributed by atoms with Gasteiger partial charge in [-0.05, 0) is 41.3 Å². The Morgan fingerprint density at radius 2 is 1.59 bits per heavy atom. The number of allylic oxidation sites excluding steroid dienone is 1. The Balaban J connectivity index is 2.42. The fourth-order valence-corrected chi connectivity index (χ4v) is 2.12. The van der Waals surface area contributed by atoms with Crippen molar-refractivity contribution in [3.63, 3.8) is 0 Å². The lowest BCUT2D eigenvalue weighted by molar-refractivity contribution is -0.0683. The van der Waals surface area contributed by atoms with E-state index in [9.17, 15) is 13.2 Å². The first-order valence-corrected chi connectivity index (χ1v) is 6.96. The molecule has 4 heteroatoms. The monoisotopic (exact) mass is 306 g/mol. The minimum Gasteiger partial charge on any atom is -0.497 e. The van der Waals surface area contributed by atoms with Crippen molar-refractivity contribution in [1.82, 2.24) is 0 Å². The number of methoxy groups -OCH3 is 1. The minimum absolute atomic E-state index is 0.118. The molecule has 0 aliphatic carbocycles. The second kappa shape index (κ2) is 6.69. The molecule has 0 aliphatic rings. The maximum atomic E-state index is 13.3. The van der Waals surface area contributed by atoms with Gasteiger partial charge in [0.25, 0.3) is 0 Å². The first-order valence-electron chi connectivity index (χ1n) is 6.96. The van der Waals surface area contributed by atoms with E-state index in [4.69, 9.17) is 4.74 Å². The van der Waals surface area contributed by atoms with Gasteiger partial charge in [0.1, 0.15) is 5.75 Å². The largest absolute Gasteiger partial charge is 0.497 e. The van der Waals surface area contributed by atoms with E-state index in [0.717, 1.165) is 12.0 Å². The highest BCUT2D eigenvalue weighted by molar-refractivity contribution is 5.84. The third-order valence-corrected chi connectivity index (χ3v) is 3.41. The van der Waals surface area contributed by atoms with Crippen molar-refractivity contribution in [3.05, 3.63) is 65.2 Å². The van der Waals surface area contributed by atoms with Crippen LogP contribution < -0.4 is 4.74 Å². The number of rotatable bonds is 4. The predicted octanol–water partition coefficient (Wildman–Crippen LogP) is 5.36. The van der Waals surface area contributed by atoms with E-state index in [1.807, 2.05) is 19.1 Å². The van der Waals surface area contributed by atoms with E-state index in [-0.39, 0.29) is 5.56 Å². The van der Waals surface area contributed by atoms with Gasteiger partial charge in [0.2, 0.25) is 0 Å². The van der Waals surface area contributed by atoms with E-state index in [0.29, 0.717) is 11.3 Å². The van der Waals surface area contributed by atoms with Crippen LogP contribution in [0.2, 0.25) is 0 Å². The maximum Gasteiger partial charge on any atom is 0.417 e. The lowest BCUT2D eigenvalue weighted by Gasteiger charge is -2.13. The van der Waals surface area contributed by atoms with Gasteiger partial charge in [-0.2, -0.15) is 13.2 Å². The fraction of sp³-hybridized carbons (Fsp3) is 0.222. The Bertz CT molecular complexity index is 638. The molecule has 0 aliphatic heterocycles. The summed E-state index contributed by atoms with van der Waals surface area (Å²) in [6.07, 6.45) is -2.39. The van der Waals surface area contributed by atoms with Crippen LogP contribution in [-0.4, -0.2) is 13.3 Å². The molecule has 0 atom stereocenters. The minimum atomic E-state index is -4.42. The molecule has 0 spiro atoms. The summed E-state index contributed by atoms with van der Waals surface area (Å²) in [4.78, 5) is 0. The topological polar surface area (TPSA) is 9.23 Å². The molecule has 0 unspecified atom stereocenters. The second-order valence-electron chi connectivity index (χ2n) is 4.88. The molecule has 0 N–H and O–H groups in total. The van der Waals surface area contributed by atoms with Crippen molar-refractivity contribution in [3.8, 4) is 5.75 Å². The first kappa shape index (κ1) is 16.1. The molecule has 1 nitrogen and oxygen atoms in total. The highest BCUT2D eigenvalue weighted by atomic mass is 19.4. The van der Waals surface area contributed by atoms with E-state index in [2.05, 4.69) is 0 Å². The molecule has 2 rings (SSSR count). The SMILES string of the molecule is CCc1ccc(/C=C(/c2ccc(OC)cc2)C(F)(F)F)cc1. The van der Waals surface area contributed by atoms with Gasteiger partial charge in [-0.1, -0.05) is 43.3 Å². The molecule has 2 aromatic rings.